The maximum absolute atomic E-state index is 4.75. The summed E-state index contributed by atoms with van der Waals surface area (Å²) >= 11 is 0. The van der Waals surface area contributed by atoms with Crippen LogP contribution in [0.3, 0.4) is 0 Å². The van der Waals surface area contributed by atoms with Crippen molar-refractivity contribution in [1.82, 2.24) is 4.98 Å². The van der Waals surface area contributed by atoms with Crippen molar-refractivity contribution in [2.24, 2.45) is 4.99 Å². The van der Waals surface area contributed by atoms with Crippen molar-refractivity contribution < 1.29 is 0 Å². The molecule has 2 nitrogen and oxygen atoms in total. The van der Waals surface area contributed by atoms with Gasteiger partial charge in [0.2, 0.25) is 0 Å². The van der Waals surface area contributed by atoms with E-state index in [1.165, 1.54) is 33.4 Å². The molecule has 1 aromatic heterocycles. The third-order valence-electron chi connectivity index (χ3n) is 3.98. The van der Waals surface area contributed by atoms with Gasteiger partial charge in [0.15, 0.2) is 0 Å². The van der Waals surface area contributed by atoms with E-state index in [0.717, 1.165) is 19.4 Å². The van der Waals surface area contributed by atoms with Gasteiger partial charge in [0.05, 0.1) is 11.4 Å². The fraction of sp³-hybridized carbons (Fsp3) is 0.167. The summed E-state index contributed by atoms with van der Waals surface area (Å²) in [6, 6.07) is 19.1. The van der Waals surface area contributed by atoms with Crippen LogP contribution in [0.25, 0.3) is 10.9 Å². The molecule has 0 bridgehead atoms. The van der Waals surface area contributed by atoms with Gasteiger partial charge in [0, 0.05) is 23.9 Å². The summed E-state index contributed by atoms with van der Waals surface area (Å²) in [5, 5.41) is 1.35. The van der Waals surface area contributed by atoms with Crippen LogP contribution in [-0.4, -0.2) is 17.2 Å². The highest BCUT2D eigenvalue weighted by molar-refractivity contribution is 6.07. The second-order valence-electron chi connectivity index (χ2n) is 5.26. The van der Waals surface area contributed by atoms with Crippen LogP contribution in [0.15, 0.2) is 59.6 Å². The largest absolute Gasteiger partial charge is 0.353 e. The molecule has 0 radical (unpaired) electrons. The number of hydrogen-bond acceptors (Lipinski definition) is 1. The van der Waals surface area contributed by atoms with E-state index in [2.05, 4.69) is 59.6 Å². The van der Waals surface area contributed by atoms with Gasteiger partial charge in [-0.3, -0.25) is 4.99 Å². The minimum atomic E-state index is 0.900. The summed E-state index contributed by atoms with van der Waals surface area (Å²) in [5.74, 6) is 0. The average Bonchev–Trinajstić information content (AvgIpc) is 2.88. The maximum Gasteiger partial charge on any atom is 0.0642 e. The highest BCUT2D eigenvalue weighted by Gasteiger charge is 2.19. The molecule has 1 aliphatic heterocycles. The standard InChI is InChI=1S/C18H16N2/c1-2-6-13(7-3-1)12-17-18-15(10-11-19-17)14-8-4-5-9-16(14)20-18/h1-9,20H,10-12H2. The fourth-order valence-corrected chi connectivity index (χ4v) is 3.02. The van der Waals surface area contributed by atoms with Crippen LogP contribution in [0.4, 0.5) is 0 Å². The number of aliphatic imine (C=N–C) groups is 1. The Balaban J connectivity index is 1.79. The third kappa shape index (κ3) is 1.85. The Kier molecular flexibility index (Phi) is 2.66. The van der Waals surface area contributed by atoms with E-state index in [1.807, 2.05) is 0 Å². The van der Waals surface area contributed by atoms with Gasteiger partial charge >= 0.3 is 0 Å². The van der Waals surface area contributed by atoms with Crippen molar-refractivity contribution in [3.8, 4) is 0 Å². The summed E-state index contributed by atoms with van der Waals surface area (Å²) < 4.78 is 0. The Morgan fingerprint density at radius 2 is 1.75 bits per heavy atom. The summed E-state index contributed by atoms with van der Waals surface area (Å²) in [5.41, 5.74) is 6.40. The summed E-state index contributed by atoms with van der Waals surface area (Å²) in [6.07, 6.45) is 1.94. The fourth-order valence-electron chi connectivity index (χ4n) is 3.02. The van der Waals surface area contributed by atoms with Crippen LogP contribution >= 0.6 is 0 Å². The van der Waals surface area contributed by atoms with Gasteiger partial charge < -0.3 is 4.98 Å². The molecule has 2 heteroatoms. The molecular formula is C18H16N2. The highest BCUT2D eigenvalue weighted by Crippen LogP contribution is 2.26. The lowest BCUT2D eigenvalue weighted by Gasteiger charge is -2.13. The predicted molar refractivity (Wildman–Crippen MR) is 83.6 cm³/mol. The zero-order valence-electron chi connectivity index (χ0n) is 11.3. The lowest BCUT2D eigenvalue weighted by atomic mass is 9.98. The minimum absolute atomic E-state index is 0.900. The first-order chi connectivity index (χ1) is 9.92. The van der Waals surface area contributed by atoms with Crippen LogP contribution < -0.4 is 0 Å². The Morgan fingerprint density at radius 1 is 0.950 bits per heavy atom. The van der Waals surface area contributed by atoms with E-state index < -0.39 is 0 Å². The molecule has 0 atom stereocenters. The van der Waals surface area contributed by atoms with Crippen LogP contribution in [0.2, 0.25) is 0 Å². The molecule has 1 N–H and O–H groups in total. The molecule has 0 saturated heterocycles. The molecule has 98 valence electrons. The first kappa shape index (κ1) is 11.5. The molecule has 20 heavy (non-hydrogen) atoms. The average molecular weight is 260 g/mol. The lowest BCUT2D eigenvalue weighted by Crippen LogP contribution is -2.14. The number of aromatic nitrogens is 1. The SMILES string of the molecule is c1ccc(CC2=NCCc3c2[nH]c2ccccc32)cc1. The van der Waals surface area contributed by atoms with Crippen molar-refractivity contribution in [2.75, 3.05) is 6.54 Å². The second-order valence-corrected chi connectivity index (χ2v) is 5.26. The van der Waals surface area contributed by atoms with Crippen LogP contribution in [0.5, 0.6) is 0 Å². The first-order valence-corrected chi connectivity index (χ1v) is 7.09. The molecule has 0 fully saturated rings. The van der Waals surface area contributed by atoms with Gasteiger partial charge in [-0.15, -0.1) is 0 Å². The quantitative estimate of drug-likeness (QED) is 0.727. The van der Waals surface area contributed by atoms with Crippen LogP contribution in [-0.2, 0) is 12.8 Å². The monoisotopic (exact) mass is 260 g/mol. The Bertz CT molecular complexity index is 782. The second kappa shape index (κ2) is 4.64. The topological polar surface area (TPSA) is 28.1 Å². The summed E-state index contributed by atoms with van der Waals surface area (Å²) in [6.45, 7) is 0.900. The number of H-pyrrole nitrogens is 1. The number of para-hydroxylation sites is 1. The number of rotatable bonds is 2. The molecule has 0 aliphatic carbocycles. The molecule has 0 amide bonds. The van der Waals surface area contributed by atoms with E-state index in [0.29, 0.717) is 0 Å². The van der Waals surface area contributed by atoms with E-state index in [4.69, 9.17) is 4.99 Å². The predicted octanol–water partition coefficient (Wildman–Crippen LogP) is 3.76. The van der Waals surface area contributed by atoms with Gasteiger partial charge in [0.1, 0.15) is 0 Å². The number of nitrogens with zero attached hydrogens (tertiary/aromatic N) is 1. The number of fused-ring (bicyclic) bond motifs is 3. The van der Waals surface area contributed by atoms with Crippen LogP contribution in [0.1, 0.15) is 16.8 Å². The molecular weight excluding hydrogens is 244 g/mol. The van der Waals surface area contributed by atoms with Crippen molar-refractivity contribution in [1.29, 1.82) is 0 Å². The number of hydrogen-bond donors (Lipinski definition) is 1. The number of nitrogens with one attached hydrogen (secondary N) is 1. The van der Waals surface area contributed by atoms with E-state index in [-0.39, 0.29) is 0 Å². The smallest absolute Gasteiger partial charge is 0.0642 e. The van der Waals surface area contributed by atoms with Crippen molar-refractivity contribution in [3.63, 3.8) is 0 Å². The third-order valence-corrected chi connectivity index (χ3v) is 3.98. The first-order valence-electron chi connectivity index (χ1n) is 7.09. The molecule has 2 heterocycles. The number of aromatic amines is 1. The van der Waals surface area contributed by atoms with Gasteiger partial charge in [-0.2, -0.15) is 0 Å². The zero-order valence-corrected chi connectivity index (χ0v) is 11.3. The van der Waals surface area contributed by atoms with Crippen molar-refractivity contribution in [3.05, 3.63) is 71.4 Å². The Hall–Kier alpha value is -2.35. The molecule has 4 rings (SSSR count). The van der Waals surface area contributed by atoms with Crippen LogP contribution in [0, 0.1) is 0 Å². The molecule has 2 aromatic carbocycles. The maximum atomic E-state index is 4.75. The Labute approximate surface area is 118 Å². The molecule has 0 spiro atoms. The number of benzene rings is 2. The normalized spacial score (nSPS) is 14.1. The van der Waals surface area contributed by atoms with E-state index >= 15 is 0 Å². The molecule has 1 aliphatic rings. The van der Waals surface area contributed by atoms with E-state index in [1.54, 1.807) is 0 Å². The van der Waals surface area contributed by atoms with Crippen molar-refractivity contribution in [2.45, 2.75) is 12.8 Å². The van der Waals surface area contributed by atoms with Gasteiger partial charge in [-0.05, 0) is 23.6 Å². The van der Waals surface area contributed by atoms with Gasteiger partial charge in [0.25, 0.3) is 0 Å². The van der Waals surface area contributed by atoms with Gasteiger partial charge in [-0.1, -0.05) is 48.5 Å². The Morgan fingerprint density at radius 3 is 2.65 bits per heavy atom. The summed E-state index contributed by atoms with van der Waals surface area (Å²) in [7, 11) is 0. The molecule has 3 aromatic rings. The van der Waals surface area contributed by atoms with Gasteiger partial charge in [-0.25, -0.2) is 0 Å². The lowest BCUT2D eigenvalue weighted by molar-refractivity contribution is 0.937. The molecule has 0 unspecified atom stereocenters. The van der Waals surface area contributed by atoms with E-state index in [9.17, 15) is 0 Å². The van der Waals surface area contributed by atoms with Crippen molar-refractivity contribution >= 4 is 16.6 Å². The molecule has 0 saturated carbocycles. The minimum Gasteiger partial charge on any atom is -0.353 e. The zero-order chi connectivity index (χ0) is 13.4. The highest BCUT2D eigenvalue weighted by atomic mass is 14.8. The summed E-state index contributed by atoms with van der Waals surface area (Å²) in [4.78, 5) is 8.30.